The molecule has 1 aromatic carbocycles. The number of nitrogens with one attached hydrogen (secondary N) is 2. The Morgan fingerprint density at radius 1 is 1.23 bits per heavy atom. The van der Waals surface area contributed by atoms with Crippen molar-refractivity contribution in [1.82, 2.24) is 10.6 Å². The Morgan fingerprint density at radius 2 is 1.91 bits per heavy atom. The minimum atomic E-state index is -1.15. The molecule has 1 rings (SSSR count). The van der Waals surface area contributed by atoms with Crippen LogP contribution in [-0.4, -0.2) is 35.0 Å². The molecule has 0 spiro atoms. The number of benzene rings is 1. The van der Waals surface area contributed by atoms with Crippen LogP contribution in [0.1, 0.15) is 25.8 Å². The van der Waals surface area contributed by atoms with Crippen LogP contribution in [0, 0.1) is 5.82 Å². The number of amides is 2. The van der Waals surface area contributed by atoms with Gasteiger partial charge in [0.15, 0.2) is 0 Å². The van der Waals surface area contributed by atoms with Crippen molar-refractivity contribution in [2.75, 3.05) is 0 Å². The van der Waals surface area contributed by atoms with Crippen LogP contribution in [0.25, 0.3) is 0 Å². The number of carbonyl (C=O) groups excluding carboxylic acids is 2. The van der Waals surface area contributed by atoms with E-state index in [9.17, 15) is 18.8 Å². The largest absolute Gasteiger partial charge is 0.480 e. The quantitative estimate of drug-likeness (QED) is 0.696. The van der Waals surface area contributed by atoms with E-state index >= 15 is 0 Å². The predicted octanol–water partition coefficient (Wildman–Crippen LogP) is 0.852. The Hall–Kier alpha value is -2.44. The molecule has 3 N–H and O–H groups in total. The van der Waals surface area contributed by atoms with Crippen LogP contribution in [0.4, 0.5) is 4.39 Å². The molecule has 22 heavy (non-hydrogen) atoms. The summed E-state index contributed by atoms with van der Waals surface area (Å²) < 4.78 is 13.2. The molecular formula is C15H19FN2O4. The van der Waals surface area contributed by atoms with Gasteiger partial charge in [-0.05, 0) is 24.1 Å². The molecule has 0 aliphatic rings. The van der Waals surface area contributed by atoms with E-state index in [0.29, 0.717) is 5.56 Å². The molecule has 120 valence electrons. The van der Waals surface area contributed by atoms with Crippen molar-refractivity contribution in [3.8, 4) is 0 Å². The van der Waals surface area contributed by atoms with Crippen molar-refractivity contribution in [3.63, 3.8) is 0 Å². The summed E-state index contributed by atoms with van der Waals surface area (Å²) in [5.41, 5.74) is 0.525. The molecule has 6 nitrogen and oxygen atoms in total. The minimum absolute atomic E-state index is 0.0687. The van der Waals surface area contributed by atoms with E-state index in [2.05, 4.69) is 10.6 Å². The Morgan fingerprint density at radius 3 is 2.41 bits per heavy atom. The average molecular weight is 310 g/mol. The predicted molar refractivity (Wildman–Crippen MR) is 77.6 cm³/mol. The molecule has 1 aromatic rings. The van der Waals surface area contributed by atoms with Gasteiger partial charge in [0.1, 0.15) is 17.9 Å². The van der Waals surface area contributed by atoms with Crippen molar-refractivity contribution in [3.05, 3.63) is 35.6 Å². The lowest BCUT2D eigenvalue weighted by Crippen LogP contribution is -2.52. The Labute approximate surface area is 127 Å². The Kier molecular flexibility index (Phi) is 6.49. The first-order valence-electron chi connectivity index (χ1n) is 6.88. The van der Waals surface area contributed by atoms with Crippen LogP contribution in [-0.2, 0) is 20.8 Å². The van der Waals surface area contributed by atoms with Crippen LogP contribution in [0.15, 0.2) is 24.3 Å². The van der Waals surface area contributed by atoms with Crippen molar-refractivity contribution in [2.45, 2.75) is 38.8 Å². The fourth-order valence-electron chi connectivity index (χ4n) is 1.97. The zero-order valence-corrected chi connectivity index (χ0v) is 12.4. The van der Waals surface area contributed by atoms with Gasteiger partial charge in [0.25, 0.3) is 0 Å². The van der Waals surface area contributed by atoms with Crippen LogP contribution in [0.5, 0.6) is 0 Å². The molecule has 7 heteroatoms. The lowest BCUT2D eigenvalue weighted by molar-refractivity contribution is -0.142. The second-order valence-electron chi connectivity index (χ2n) is 4.89. The zero-order chi connectivity index (χ0) is 16.7. The normalized spacial score (nSPS) is 13.0. The molecule has 0 aliphatic carbocycles. The standard InChI is InChI=1S/C15H19FN2O4/c1-3-12(15(21)22)18-14(20)13(17-9(2)19)8-10-5-4-6-11(16)7-10/h4-7,12-13H,3,8H2,1-2H3,(H,17,19)(H,18,20)(H,21,22)/t12-,13-/m0/s1. The maximum absolute atomic E-state index is 13.2. The fourth-order valence-corrected chi connectivity index (χ4v) is 1.97. The van der Waals surface area contributed by atoms with Crippen molar-refractivity contribution < 1.29 is 23.9 Å². The molecule has 0 heterocycles. The molecule has 0 radical (unpaired) electrons. The van der Waals surface area contributed by atoms with Gasteiger partial charge in [-0.15, -0.1) is 0 Å². The first-order chi connectivity index (χ1) is 10.3. The minimum Gasteiger partial charge on any atom is -0.480 e. The second kappa shape index (κ2) is 8.11. The monoisotopic (exact) mass is 310 g/mol. The van der Waals surface area contributed by atoms with E-state index in [1.807, 2.05) is 0 Å². The highest BCUT2D eigenvalue weighted by Crippen LogP contribution is 2.07. The molecule has 0 saturated carbocycles. The number of halogens is 1. The van der Waals surface area contributed by atoms with E-state index in [4.69, 9.17) is 5.11 Å². The van der Waals surface area contributed by atoms with Gasteiger partial charge in [-0.25, -0.2) is 9.18 Å². The van der Waals surface area contributed by atoms with Crippen molar-refractivity contribution >= 4 is 17.8 Å². The number of carbonyl (C=O) groups is 3. The number of carboxylic acids is 1. The van der Waals surface area contributed by atoms with Crippen LogP contribution in [0.3, 0.4) is 0 Å². The summed E-state index contributed by atoms with van der Waals surface area (Å²) in [6, 6.07) is 3.66. The third kappa shape index (κ3) is 5.51. The number of carboxylic acid groups (broad SMARTS) is 1. The first-order valence-corrected chi connectivity index (χ1v) is 6.88. The fraction of sp³-hybridized carbons (Fsp3) is 0.400. The Bertz CT molecular complexity index is 562. The van der Waals surface area contributed by atoms with Gasteiger partial charge in [0.2, 0.25) is 11.8 Å². The third-order valence-corrected chi connectivity index (χ3v) is 3.05. The molecular weight excluding hydrogens is 291 g/mol. The zero-order valence-electron chi connectivity index (χ0n) is 12.4. The van der Waals surface area contributed by atoms with Crippen molar-refractivity contribution in [2.24, 2.45) is 0 Å². The van der Waals surface area contributed by atoms with E-state index in [1.165, 1.54) is 25.1 Å². The smallest absolute Gasteiger partial charge is 0.326 e. The van der Waals surface area contributed by atoms with E-state index in [1.54, 1.807) is 13.0 Å². The third-order valence-electron chi connectivity index (χ3n) is 3.05. The van der Waals surface area contributed by atoms with Crippen LogP contribution in [0.2, 0.25) is 0 Å². The molecule has 0 aromatic heterocycles. The summed E-state index contributed by atoms with van der Waals surface area (Å²) in [7, 11) is 0. The summed E-state index contributed by atoms with van der Waals surface area (Å²) in [4.78, 5) is 34.3. The van der Waals surface area contributed by atoms with E-state index in [-0.39, 0.29) is 12.8 Å². The van der Waals surface area contributed by atoms with E-state index < -0.39 is 35.7 Å². The Balaban J connectivity index is 2.85. The van der Waals surface area contributed by atoms with Crippen LogP contribution >= 0.6 is 0 Å². The average Bonchev–Trinajstić information content (AvgIpc) is 2.43. The van der Waals surface area contributed by atoms with Gasteiger partial charge in [0.05, 0.1) is 0 Å². The summed E-state index contributed by atoms with van der Waals surface area (Å²) in [6.45, 7) is 2.87. The van der Waals surface area contributed by atoms with Gasteiger partial charge in [0, 0.05) is 13.3 Å². The van der Waals surface area contributed by atoms with Gasteiger partial charge in [-0.3, -0.25) is 9.59 Å². The summed E-state index contributed by atoms with van der Waals surface area (Å²) in [6.07, 6.45) is 0.285. The molecule has 0 aliphatic heterocycles. The first kappa shape index (κ1) is 17.6. The summed E-state index contributed by atoms with van der Waals surface area (Å²) in [5, 5.41) is 13.8. The molecule has 0 saturated heterocycles. The number of hydrogen-bond acceptors (Lipinski definition) is 3. The van der Waals surface area contributed by atoms with Crippen molar-refractivity contribution in [1.29, 1.82) is 0 Å². The number of aliphatic carboxylic acids is 1. The molecule has 0 bridgehead atoms. The molecule has 0 unspecified atom stereocenters. The maximum Gasteiger partial charge on any atom is 0.326 e. The van der Waals surface area contributed by atoms with Gasteiger partial charge < -0.3 is 15.7 Å². The summed E-state index contributed by atoms with van der Waals surface area (Å²) >= 11 is 0. The number of hydrogen-bond donors (Lipinski definition) is 3. The SMILES string of the molecule is CC[C@H](NC(=O)[C@H](Cc1cccc(F)c1)NC(C)=O)C(=O)O. The molecule has 0 fully saturated rings. The summed E-state index contributed by atoms with van der Waals surface area (Å²) in [5.74, 6) is -2.65. The topological polar surface area (TPSA) is 95.5 Å². The van der Waals surface area contributed by atoms with Crippen LogP contribution < -0.4 is 10.6 Å². The highest BCUT2D eigenvalue weighted by atomic mass is 19.1. The lowest BCUT2D eigenvalue weighted by atomic mass is 10.0. The highest BCUT2D eigenvalue weighted by molar-refractivity contribution is 5.90. The highest BCUT2D eigenvalue weighted by Gasteiger charge is 2.25. The number of rotatable bonds is 7. The molecule has 2 amide bonds. The maximum atomic E-state index is 13.2. The lowest BCUT2D eigenvalue weighted by Gasteiger charge is -2.20. The second-order valence-corrected chi connectivity index (χ2v) is 4.89. The van der Waals surface area contributed by atoms with Gasteiger partial charge in [-0.2, -0.15) is 0 Å². The van der Waals surface area contributed by atoms with E-state index in [0.717, 1.165) is 0 Å². The van der Waals surface area contributed by atoms with Gasteiger partial charge in [-0.1, -0.05) is 19.1 Å². The van der Waals surface area contributed by atoms with Gasteiger partial charge >= 0.3 is 5.97 Å². The molecule has 2 atom stereocenters.